The lowest BCUT2D eigenvalue weighted by Crippen LogP contribution is -2.04. The van der Waals surface area contributed by atoms with Crippen molar-refractivity contribution in [3.63, 3.8) is 0 Å². The second-order valence-corrected chi connectivity index (χ2v) is 4.21. The number of aromatic nitrogens is 2. The van der Waals surface area contributed by atoms with Gasteiger partial charge in [-0.15, -0.1) is 21.5 Å². The van der Waals surface area contributed by atoms with Gasteiger partial charge in [0.2, 0.25) is 11.8 Å². The van der Waals surface area contributed by atoms with Gasteiger partial charge in [-0.2, -0.15) is 0 Å². The summed E-state index contributed by atoms with van der Waals surface area (Å²) in [5.41, 5.74) is 0.870. The van der Waals surface area contributed by atoms with Crippen molar-refractivity contribution in [1.82, 2.24) is 15.5 Å². The van der Waals surface area contributed by atoms with Gasteiger partial charge in [0, 0.05) is 5.38 Å². The van der Waals surface area contributed by atoms with Crippen LogP contribution < -0.4 is 5.32 Å². The van der Waals surface area contributed by atoms with Crippen LogP contribution in [0.15, 0.2) is 15.9 Å². The molecule has 0 aliphatic heterocycles. The molecule has 0 aliphatic rings. The van der Waals surface area contributed by atoms with Gasteiger partial charge >= 0.3 is 0 Å². The highest BCUT2D eigenvalue weighted by molar-refractivity contribution is 7.14. The molecule has 0 saturated heterocycles. The normalized spacial score (nSPS) is 10.7. The van der Waals surface area contributed by atoms with E-state index in [1.807, 2.05) is 18.5 Å². The molecule has 2 rings (SSSR count). The molecule has 0 aliphatic carbocycles. The van der Waals surface area contributed by atoms with E-state index in [9.17, 15) is 0 Å². The molecule has 0 saturated carbocycles. The quantitative estimate of drug-likeness (QED) is 0.877. The van der Waals surface area contributed by atoms with Crippen molar-refractivity contribution in [3.05, 3.63) is 21.7 Å². The van der Waals surface area contributed by atoms with Crippen molar-refractivity contribution in [2.45, 2.75) is 6.54 Å². The molecular weight excluding hydrogens is 222 g/mol. The molecule has 1 N–H and O–H groups in total. The predicted octanol–water partition coefficient (Wildman–Crippen LogP) is 2.17. The maximum atomic E-state index is 5.79. The second-order valence-electron chi connectivity index (χ2n) is 2.67. The smallest absolute Gasteiger partial charge is 0.248 e. The summed E-state index contributed by atoms with van der Waals surface area (Å²) in [7, 11) is 1.82. The number of nitrogens with one attached hydrogen (secondary N) is 1. The van der Waals surface area contributed by atoms with Crippen LogP contribution in [0.4, 0.5) is 0 Å². The highest BCUT2D eigenvalue weighted by Gasteiger charge is 2.09. The fraction of sp³-hybridized carbons (Fsp3) is 0.250. The van der Waals surface area contributed by atoms with Crippen molar-refractivity contribution in [1.29, 1.82) is 0 Å². The average molecular weight is 230 g/mol. The molecule has 2 aromatic rings. The number of hydrogen-bond acceptors (Lipinski definition) is 5. The van der Waals surface area contributed by atoms with E-state index in [-0.39, 0.29) is 0 Å². The highest BCUT2D eigenvalue weighted by atomic mass is 35.5. The Bertz CT molecular complexity index is 426. The van der Waals surface area contributed by atoms with Crippen molar-refractivity contribution in [2.24, 2.45) is 0 Å². The third kappa shape index (κ3) is 1.95. The molecule has 2 heterocycles. The van der Waals surface area contributed by atoms with Crippen LogP contribution in [0, 0.1) is 0 Å². The first kappa shape index (κ1) is 9.64. The largest absolute Gasteiger partial charge is 0.419 e. The molecule has 0 fully saturated rings. The molecule has 6 heteroatoms. The molecule has 0 radical (unpaired) electrons. The summed E-state index contributed by atoms with van der Waals surface area (Å²) < 4.78 is 6.10. The molecule has 0 amide bonds. The van der Waals surface area contributed by atoms with E-state index in [0.717, 1.165) is 5.56 Å². The molecule has 74 valence electrons. The van der Waals surface area contributed by atoms with Gasteiger partial charge in [-0.25, -0.2) is 0 Å². The lowest BCUT2D eigenvalue weighted by Gasteiger charge is -1.89. The van der Waals surface area contributed by atoms with E-state index >= 15 is 0 Å². The summed E-state index contributed by atoms with van der Waals surface area (Å²) in [5.74, 6) is 1.09. The number of halogens is 1. The zero-order chi connectivity index (χ0) is 9.97. The minimum atomic E-state index is 0.512. The Morgan fingerprint density at radius 2 is 2.43 bits per heavy atom. The lowest BCUT2D eigenvalue weighted by molar-refractivity contribution is 0.490. The molecule has 0 spiro atoms. The van der Waals surface area contributed by atoms with Gasteiger partial charge in [0.15, 0.2) is 0 Å². The van der Waals surface area contributed by atoms with Crippen LogP contribution in [0.1, 0.15) is 5.89 Å². The summed E-state index contributed by atoms with van der Waals surface area (Å²) in [4.78, 5) is 0. The van der Waals surface area contributed by atoms with Gasteiger partial charge in [-0.3, -0.25) is 0 Å². The highest BCUT2D eigenvalue weighted by Crippen LogP contribution is 2.27. The molecule has 0 bridgehead atoms. The summed E-state index contributed by atoms with van der Waals surface area (Å²) in [6.07, 6.45) is 0. The van der Waals surface area contributed by atoms with Crippen molar-refractivity contribution in [2.75, 3.05) is 7.05 Å². The van der Waals surface area contributed by atoms with E-state index < -0.39 is 0 Å². The molecule has 14 heavy (non-hydrogen) atoms. The Morgan fingerprint density at radius 1 is 1.57 bits per heavy atom. The van der Waals surface area contributed by atoms with Crippen LogP contribution in [-0.2, 0) is 6.54 Å². The number of nitrogens with zero attached hydrogens (tertiary/aromatic N) is 2. The van der Waals surface area contributed by atoms with Crippen molar-refractivity contribution < 1.29 is 4.42 Å². The van der Waals surface area contributed by atoms with E-state index in [4.69, 9.17) is 16.0 Å². The summed E-state index contributed by atoms with van der Waals surface area (Å²) in [6, 6.07) is 1.81. The molecule has 2 aromatic heterocycles. The summed E-state index contributed by atoms with van der Waals surface area (Å²) >= 11 is 7.24. The molecule has 4 nitrogen and oxygen atoms in total. The van der Waals surface area contributed by atoms with E-state index in [1.54, 1.807) is 0 Å². The molecule has 0 atom stereocenters. The number of thiophene rings is 1. The monoisotopic (exact) mass is 229 g/mol. The Balaban J connectivity index is 2.24. The minimum absolute atomic E-state index is 0.512. The first-order valence-electron chi connectivity index (χ1n) is 4.01. The van der Waals surface area contributed by atoms with Gasteiger partial charge in [0.1, 0.15) is 0 Å². The average Bonchev–Trinajstić information content (AvgIpc) is 2.74. The Kier molecular flexibility index (Phi) is 2.81. The minimum Gasteiger partial charge on any atom is -0.419 e. The maximum Gasteiger partial charge on any atom is 0.248 e. The molecular formula is C8H8ClN3OS. The van der Waals surface area contributed by atoms with Gasteiger partial charge < -0.3 is 9.73 Å². The van der Waals surface area contributed by atoms with Gasteiger partial charge in [0.25, 0.3) is 0 Å². The predicted molar refractivity (Wildman–Crippen MR) is 55.4 cm³/mol. The SMILES string of the molecule is CNCc1nnc(-c2csc(Cl)c2)o1. The molecule has 0 aromatic carbocycles. The summed E-state index contributed by atoms with van der Waals surface area (Å²) in [6.45, 7) is 0.574. The first-order chi connectivity index (χ1) is 6.79. The van der Waals surface area contributed by atoms with Crippen LogP contribution in [0.5, 0.6) is 0 Å². The number of rotatable bonds is 3. The third-order valence-corrected chi connectivity index (χ3v) is 2.70. The Labute approximate surface area is 89.9 Å². The zero-order valence-electron chi connectivity index (χ0n) is 7.45. The van der Waals surface area contributed by atoms with Gasteiger partial charge in [0.05, 0.1) is 16.4 Å². The first-order valence-corrected chi connectivity index (χ1v) is 5.27. The van der Waals surface area contributed by atoms with E-state index in [0.29, 0.717) is 22.7 Å². The van der Waals surface area contributed by atoms with Crippen LogP contribution in [0.2, 0.25) is 4.34 Å². The fourth-order valence-corrected chi connectivity index (χ4v) is 1.87. The molecule has 0 unspecified atom stereocenters. The third-order valence-electron chi connectivity index (χ3n) is 1.61. The second kappa shape index (κ2) is 4.08. The van der Waals surface area contributed by atoms with Crippen molar-refractivity contribution >= 4 is 22.9 Å². The topological polar surface area (TPSA) is 51.0 Å². The number of hydrogen-bond donors (Lipinski definition) is 1. The van der Waals surface area contributed by atoms with Crippen LogP contribution >= 0.6 is 22.9 Å². The standard InChI is InChI=1S/C8H8ClN3OS/c1-10-3-7-11-12-8(13-7)5-2-6(9)14-4-5/h2,4,10H,3H2,1H3. The van der Waals surface area contributed by atoms with Crippen LogP contribution in [-0.4, -0.2) is 17.2 Å². The fourth-order valence-electron chi connectivity index (χ4n) is 1.02. The Hall–Kier alpha value is -0.910. The van der Waals surface area contributed by atoms with E-state index in [2.05, 4.69) is 15.5 Å². The lowest BCUT2D eigenvalue weighted by atomic mass is 10.3. The van der Waals surface area contributed by atoms with E-state index in [1.165, 1.54) is 11.3 Å². The summed E-state index contributed by atoms with van der Waals surface area (Å²) in [5, 5.41) is 12.6. The van der Waals surface area contributed by atoms with Gasteiger partial charge in [-0.05, 0) is 13.1 Å². The Morgan fingerprint density at radius 3 is 3.07 bits per heavy atom. The van der Waals surface area contributed by atoms with Crippen LogP contribution in [0.25, 0.3) is 11.5 Å². The van der Waals surface area contributed by atoms with Crippen molar-refractivity contribution in [3.8, 4) is 11.5 Å². The zero-order valence-corrected chi connectivity index (χ0v) is 9.02. The maximum absolute atomic E-state index is 5.79. The van der Waals surface area contributed by atoms with Gasteiger partial charge in [-0.1, -0.05) is 11.6 Å². The van der Waals surface area contributed by atoms with Crippen LogP contribution in [0.3, 0.4) is 0 Å².